The van der Waals surface area contributed by atoms with Crippen LogP contribution >= 0.6 is 8.46 Å². The van der Waals surface area contributed by atoms with Crippen molar-refractivity contribution in [1.29, 1.82) is 0 Å². The maximum Gasteiger partial charge on any atom is 0.251 e. The van der Waals surface area contributed by atoms with Crippen molar-refractivity contribution in [2.45, 2.75) is 59.0 Å². The van der Waals surface area contributed by atoms with Crippen molar-refractivity contribution >= 4 is 26.1 Å². The molecule has 3 aromatic rings. The van der Waals surface area contributed by atoms with Crippen LogP contribution in [0.5, 0.6) is 5.75 Å². The zero-order valence-corrected chi connectivity index (χ0v) is 22.3. The minimum Gasteiger partial charge on any atom is -0.493 e. The quantitative estimate of drug-likeness (QED) is 0.302. The number of rotatable bonds is 9. The molecule has 1 aliphatic heterocycles. The molecule has 0 radical (unpaired) electrons. The fourth-order valence-electron chi connectivity index (χ4n) is 4.80. The highest BCUT2D eigenvalue weighted by Gasteiger charge is 2.19. The highest BCUT2D eigenvalue weighted by molar-refractivity contribution is 7.22. The molecule has 1 heterocycles. The van der Waals surface area contributed by atoms with Crippen molar-refractivity contribution in [1.82, 2.24) is 0 Å². The first-order chi connectivity index (χ1) is 17.5. The molecule has 3 aromatic carbocycles. The smallest absolute Gasteiger partial charge is 0.251 e. The summed E-state index contributed by atoms with van der Waals surface area (Å²) in [4.78, 5) is 13.5. The van der Waals surface area contributed by atoms with Gasteiger partial charge >= 0.3 is 0 Å². The number of anilines is 1. The van der Waals surface area contributed by atoms with Gasteiger partial charge in [-0.15, -0.1) is 0 Å². The van der Waals surface area contributed by atoms with E-state index in [-0.39, 0.29) is 14.4 Å². The van der Waals surface area contributed by atoms with Gasteiger partial charge in [-0.25, -0.2) is 0 Å². The van der Waals surface area contributed by atoms with Gasteiger partial charge in [0.25, 0.3) is 5.91 Å². The summed E-state index contributed by atoms with van der Waals surface area (Å²) in [6.07, 6.45) is 6.77. The normalized spacial score (nSPS) is 12.9. The van der Waals surface area contributed by atoms with Gasteiger partial charge in [0.15, 0.2) is 8.46 Å². The van der Waals surface area contributed by atoms with E-state index in [1.165, 1.54) is 16.7 Å². The SMILES string of the molecule is CCCc1c(CP=O)ccc(NC(=O)C2=Cc3cc(-c4ccc(C)cc4)ccc3OCC2)c1CCC. The summed E-state index contributed by atoms with van der Waals surface area (Å²) in [6.45, 7) is 6.84. The molecular weight excluding hydrogens is 465 g/mol. The van der Waals surface area contributed by atoms with Crippen LogP contribution in [0.25, 0.3) is 17.2 Å². The van der Waals surface area contributed by atoms with Crippen LogP contribution in [0.15, 0.2) is 60.2 Å². The summed E-state index contributed by atoms with van der Waals surface area (Å²) in [5.41, 5.74) is 9.44. The maximum atomic E-state index is 13.5. The number of hydrogen-bond donors (Lipinski definition) is 1. The van der Waals surface area contributed by atoms with Crippen molar-refractivity contribution in [2.24, 2.45) is 0 Å². The number of benzene rings is 3. The third-order valence-electron chi connectivity index (χ3n) is 6.66. The zero-order chi connectivity index (χ0) is 25.5. The molecule has 36 heavy (non-hydrogen) atoms. The first-order valence-electron chi connectivity index (χ1n) is 12.8. The highest BCUT2D eigenvalue weighted by atomic mass is 31.1. The largest absolute Gasteiger partial charge is 0.493 e. The van der Waals surface area contributed by atoms with Crippen LogP contribution in [0.4, 0.5) is 5.69 Å². The average molecular weight is 500 g/mol. The summed E-state index contributed by atoms with van der Waals surface area (Å²) < 4.78 is 17.3. The Bertz CT molecular complexity index is 1280. The number of aryl methyl sites for hydroxylation is 1. The van der Waals surface area contributed by atoms with Gasteiger partial charge in [0.2, 0.25) is 0 Å². The van der Waals surface area contributed by atoms with Crippen molar-refractivity contribution in [2.75, 3.05) is 11.9 Å². The van der Waals surface area contributed by atoms with E-state index in [1.54, 1.807) is 0 Å². The van der Waals surface area contributed by atoms with E-state index >= 15 is 0 Å². The molecule has 4 rings (SSSR count). The van der Waals surface area contributed by atoms with Crippen LogP contribution in [-0.2, 0) is 28.4 Å². The third-order valence-corrected chi connectivity index (χ3v) is 7.13. The third kappa shape index (κ3) is 5.94. The Morgan fingerprint density at radius 1 is 0.944 bits per heavy atom. The molecule has 0 bridgehead atoms. The van der Waals surface area contributed by atoms with Gasteiger partial charge in [-0.3, -0.25) is 9.36 Å². The van der Waals surface area contributed by atoms with Crippen molar-refractivity contribution in [3.05, 3.63) is 88.0 Å². The van der Waals surface area contributed by atoms with Crippen LogP contribution in [0, 0.1) is 6.92 Å². The van der Waals surface area contributed by atoms with Crippen LogP contribution in [0.3, 0.4) is 0 Å². The molecule has 1 N–H and O–H groups in total. The number of hydrogen-bond acceptors (Lipinski definition) is 3. The summed E-state index contributed by atoms with van der Waals surface area (Å²) in [6, 6.07) is 18.6. The minimum atomic E-state index is -0.0957. The molecule has 0 aliphatic carbocycles. The lowest BCUT2D eigenvalue weighted by Crippen LogP contribution is -2.17. The first kappa shape index (κ1) is 25.9. The van der Waals surface area contributed by atoms with E-state index in [2.05, 4.69) is 62.5 Å². The molecule has 1 aliphatic rings. The van der Waals surface area contributed by atoms with Gasteiger partial charge in [0, 0.05) is 23.2 Å². The molecule has 0 atom stereocenters. The maximum absolute atomic E-state index is 13.5. The van der Waals surface area contributed by atoms with Gasteiger partial charge in [-0.2, -0.15) is 0 Å². The van der Waals surface area contributed by atoms with Crippen LogP contribution in [0.2, 0.25) is 0 Å². The van der Waals surface area contributed by atoms with E-state index < -0.39 is 0 Å². The fraction of sp³-hybridized carbons (Fsp3) is 0.323. The lowest BCUT2D eigenvalue weighted by Gasteiger charge is -2.18. The average Bonchev–Trinajstić information content (AvgIpc) is 3.10. The van der Waals surface area contributed by atoms with Crippen LogP contribution in [-0.4, -0.2) is 12.5 Å². The molecule has 0 spiro atoms. The predicted octanol–water partition coefficient (Wildman–Crippen LogP) is 8.16. The molecule has 0 aromatic heterocycles. The zero-order valence-electron chi connectivity index (χ0n) is 21.4. The van der Waals surface area contributed by atoms with Gasteiger partial charge < -0.3 is 10.1 Å². The van der Waals surface area contributed by atoms with E-state index in [4.69, 9.17) is 4.74 Å². The molecule has 1 amide bonds. The molecular formula is C31H34NO3P. The summed E-state index contributed by atoms with van der Waals surface area (Å²) in [7, 11) is 0.120. The number of fused-ring (bicyclic) bond motifs is 1. The van der Waals surface area contributed by atoms with Crippen molar-refractivity contribution < 1.29 is 14.1 Å². The van der Waals surface area contributed by atoms with Crippen LogP contribution < -0.4 is 10.1 Å². The topological polar surface area (TPSA) is 55.4 Å². The summed E-state index contributed by atoms with van der Waals surface area (Å²) in [5, 5.41) is 3.20. The highest BCUT2D eigenvalue weighted by Crippen LogP contribution is 2.33. The predicted molar refractivity (Wildman–Crippen MR) is 149 cm³/mol. The Balaban J connectivity index is 1.65. The van der Waals surface area contributed by atoms with Crippen LogP contribution in [0.1, 0.15) is 60.9 Å². The van der Waals surface area contributed by atoms with E-state index in [0.717, 1.165) is 59.4 Å². The van der Waals surface area contributed by atoms with E-state index in [9.17, 15) is 9.36 Å². The minimum absolute atomic E-state index is 0.0957. The summed E-state index contributed by atoms with van der Waals surface area (Å²) in [5.74, 6) is 0.702. The standard InChI is InChI=1S/C31H34NO3P/c1-4-6-27-25(20-36-34)12-14-29(28(27)7-5-2)32-31(33)24-16-17-35-30-15-13-23(18-26(30)19-24)22-10-8-21(3)9-11-22/h8-15,18-19H,4-7,16-17,20H2,1-3H3,(H,32,33). The Morgan fingerprint density at radius 3 is 2.39 bits per heavy atom. The van der Waals surface area contributed by atoms with Gasteiger partial charge in [-0.05, 0) is 71.9 Å². The van der Waals surface area contributed by atoms with Gasteiger partial charge in [0.1, 0.15) is 5.75 Å². The van der Waals surface area contributed by atoms with Gasteiger partial charge in [-0.1, -0.05) is 68.7 Å². The van der Waals surface area contributed by atoms with E-state index in [1.807, 2.05) is 24.3 Å². The molecule has 0 saturated carbocycles. The molecule has 186 valence electrons. The number of carbonyl (C=O) groups excluding carboxylic acids is 1. The Hall–Kier alpha value is -3.23. The van der Waals surface area contributed by atoms with Crippen molar-refractivity contribution in [3.63, 3.8) is 0 Å². The Kier molecular flexibility index (Phi) is 8.72. The molecule has 5 heteroatoms. The number of carbonyl (C=O) groups is 1. The molecule has 0 unspecified atom stereocenters. The Labute approximate surface area is 216 Å². The molecule has 0 fully saturated rings. The number of nitrogens with one attached hydrogen (secondary N) is 1. The second-order valence-corrected chi connectivity index (χ2v) is 9.93. The van der Waals surface area contributed by atoms with E-state index in [0.29, 0.717) is 24.8 Å². The Morgan fingerprint density at radius 2 is 1.67 bits per heavy atom. The molecule has 0 saturated heterocycles. The summed E-state index contributed by atoms with van der Waals surface area (Å²) >= 11 is 0. The lowest BCUT2D eigenvalue weighted by atomic mass is 9.93. The number of ether oxygens (including phenoxy) is 1. The van der Waals surface area contributed by atoms with Gasteiger partial charge in [0.05, 0.1) is 12.8 Å². The monoisotopic (exact) mass is 499 g/mol. The number of amides is 1. The first-order valence-corrected chi connectivity index (χ1v) is 13.8. The van der Waals surface area contributed by atoms with Crippen molar-refractivity contribution in [3.8, 4) is 16.9 Å². The second-order valence-electron chi connectivity index (χ2n) is 9.36. The second kappa shape index (κ2) is 12.1. The fourth-order valence-corrected chi connectivity index (χ4v) is 5.24. The lowest BCUT2D eigenvalue weighted by molar-refractivity contribution is -0.113. The molecule has 4 nitrogen and oxygen atoms in total.